The summed E-state index contributed by atoms with van der Waals surface area (Å²) in [6.45, 7) is 12.6. The molecule has 1 heterocycles. The highest BCUT2D eigenvalue weighted by Gasteiger charge is 2.65. The Morgan fingerprint density at radius 3 is 2.23 bits per heavy atom. The molecule has 3 aromatic rings. The molecular formula is C60H81FN4O10. The first-order valence-electron chi connectivity index (χ1n) is 27.4. The van der Waals surface area contributed by atoms with Crippen LogP contribution >= 0.6 is 0 Å². The zero-order valence-electron chi connectivity index (χ0n) is 44.7. The molecule has 0 aromatic heterocycles. The van der Waals surface area contributed by atoms with Crippen molar-refractivity contribution in [3.63, 3.8) is 0 Å². The number of non-ortho nitro benzene ring substituents is 1. The summed E-state index contributed by atoms with van der Waals surface area (Å²) >= 11 is 0. The Bertz CT molecular complexity index is 2420. The van der Waals surface area contributed by atoms with Gasteiger partial charge < -0.3 is 39.5 Å². The minimum absolute atomic E-state index is 0.00162. The standard InChI is InChI=1S/C60H81FN4O10/c1-6-8-9-10-11-12-13-14-15-18-35-62-58(69)73-48-32-33-53-51(40-48)56-49(22-17-20-37-67)45(21-16-19-36-66)39-50-52(63-75-59(3,4)5)41-54(60(74-53,57(50)56)72-38-7-2)64(42-44-23-28-46(61)29-24-44)55(68)34-27-43-25-30-47(31-26-43)65(70)71/h7,23-34,39-40,45,49,54,56-57,66-67H,2,6,8-22,35-38,41-42H2,1,3-5H3,(H,62,69). The summed E-state index contributed by atoms with van der Waals surface area (Å²) < 4.78 is 35.1. The van der Waals surface area contributed by atoms with E-state index in [0.717, 1.165) is 43.2 Å². The zero-order valence-corrected chi connectivity index (χ0v) is 44.7. The van der Waals surface area contributed by atoms with Crippen molar-refractivity contribution in [2.24, 2.45) is 22.9 Å². The lowest BCUT2D eigenvalue weighted by Gasteiger charge is -2.60. The van der Waals surface area contributed by atoms with Crippen molar-refractivity contribution in [2.75, 3.05) is 26.4 Å². The van der Waals surface area contributed by atoms with Gasteiger partial charge in [0.25, 0.3) is 5.69 Å². The summed E-state index contributed by atoms with van der Waals surface area (Å²) in [5, 5.41) is 39.4. The van der Waals surface area contributed by atoms with Gasteiger partial charge in [-0.3, -0.25) is 14.9 Å². The molecule has 0 bridgehead atoms. The van der Waals surface area contributed by atoms with Crippen LogP contribution in [0.4, 0.5) is 14.9 Å². The maximum Gasteiger partial charge on any atom is 0.412 e. The van der Waals surface area contributed by atoms with Crippen LogP contribution < -0.4 is 14.8 Å². The quantitative estimate of drug-likeness (QED) is 0.0191. The molecule has 0 spiro atoms. The Kier molecular flexibility index (Phi) is 22.4. The molecule has 2 aliphatic carbocycles. The molecule has 3 aliphatic rings. The van der Waals surface area contributed by atoms with Crippen LogP contribution in [0.5, 0.6) is 11.5 Å². The summed E-state index contributed by atoms with van der Waals surface area (Å²) in [6, 6.07) is 16.3. The summed E-state index contributed by atoms with van der Waals surface area (Å²) in [4.78, 5) is 47.6. The van der Waals surface area contributed by atoms with E-state index in [1.54, 1.807) is 53.5 Å². The van der Waals surface area contributed by atoms with E-state index < -0.39 is 52.0 Å². The largest absolute Gasteiger partial charge is 0.459 e. The number of benzene rings is 3. The number of nitro groups is 1. The number of hydrogen-bond acceptors (Lipinski definition) is 11. The summed E-state index contributed by atoms with van der Waals surface area (Å²) in [5.74, 6) is -2.85. The average molecular weight is 1040 g/mol. The van der Waals surface area contributed by atoms with Gasteiger partial charge in [0.15, 0.2) is 0 Å². The van der Waals surface area contributed by atoms with Crippen LogP contribution in [0, 0.1) is 33.7 Å². The second-order valence-corrected chi connectivity index (χ2v) is 21.2. The molecule has 6 rings (SSSR count). The molecular weight excluding hydrogens is 956 g/mol. The second-order valence-electron chi connectivity index (χ2n) is 21.2. The van der Waals surface area contributed by atoms with Crippen molar-refractivity contribution in [1.29, 1.82) is 0 Å². The monoisotopic (exact) mass is 1040 g/mol. The first kappa shape index (κ1) is 58.4. The van der Waals surface area contributed by atoms with Crippen molar-refractivity contribution < 1.29 is 48.2 Å². The topological polar surface area (TPSA) is 182 Å². The van der Waals surface area contributed by atoms with Gasteiger partial charge in [0.1, 0.15) is 29.0 Å². The molecule has 3 N–H and O–H groups in total. The Labute approximate surface area is 443 Å². The van der Waals surface area contributed by atoms with Gasteiger partial charge in [-0.1, -0.05) is 107 Å². The summed E-state index contributed by atoms with van der Waals surface area (Å²) in [5.41, 5.74) is 2.61. The van der Waals surface area contributed by atoms with Crippen molar-refractivity contribution in [3.8, 4) is 11.5 Å². The smallest absolute Gasteiger partial charge is 0.412 e. The van der Waals surface area contributed by atoms with Crippen molar-refractivity contribution in [1.82, 2.24) is 10.2 Å². The van der Waals surface area contributed by atoms with Crippen LogP contribution in [0.3, 0.4) is 0 Å². The number of allylic oxidation sites excluding steroid dienone is 1. The number of amides is 2. The number of hydrogen-bond donors (Lipinski definition) is 3. The lowest BCUT2D eigenvalue weighted by molar-refractivity contribution is -0.384. The number of nitrogens with zero attached hydrogens (tertiary/aromatic N) is 3. The molecule has 0 saturated heterocycles. The molecule has 6 atom stereocenters. The van der Waals surface area contributed by atoms with Crippen molar-refractivity contribution in [3.05, 3.63) is 130 Å². The number of halogens is 1. The van der Waals surface area contributed by atoms with Gasteiger partial charge in [-0.2, -0.15) is 0 Å². The number of ether oxygens (including phenoxy) is 3. The van der Waals surface area contributed by atoms with Crippen LogP contribution in [0.2, 0.25) is 0 Å². The number of aliphatic hydroxyl groups excluding tert-OH is 2. The van der Waals surface area contributed by atoms with E-state index in [1.165, 1.54) is 75.3 Å². The van der Waals surface area contributed by atoms with Gasteiger partial charge in [0.05, 0.1) is 23.2 Å². The van der Waals surface area contributed by atoms with Crippen molar-refractivity contribution >= 4 is 29.5 Å². The fourth-order valence-corrected chi connectivity index (χ4v) is 10.9. The van der Waals surface area contributed by atoms with Crippen LogP contribution in [0.1, 0.15) is 159 Å². The zero-order chi connectivity index (χ0) is 53.8. The van der Waals surface area contributed by atoms with E-state index in [2.05, 4.69) is 24.9 Å². The minimum Gasteiger partial charge on any atom is -0.459 e. The van der Waals surface area contributed by atoms with Gasteiger partial charge in [-0.05, 0) is 130 Å². The van der Waals surface area contributed by atoms with Gasteiger partial charge in [-0.15, -0.1) is 6.58 Å². The van der Waals surface area contributed by atoms with E-state index in [0.29, 0.717) is 60.6 Å². The van der Waals surface area contributed by atoms with Gasteiger partial charge in [-0.25, -0.2) is 9.18 Å². The maximum absolute atomic E-state index is 15.2. The molecule has 1 fully saturated rings. The van der Waals surface area contributed by atoms with E-state index in [1.807, 2.05) is 26.8 Å². The van der Waals surface area contributed by atoms with Crippen molar-refractivity contribution in [2.45, 2.75) is 167 Å². The van der Waals surface area contributed by atoms with Crippen LogP contribution in [-0.2, 0) is 20.9 Å². The number of oxime groups is 1. The lowest BCUT2D eigenvalue weighted by atomic mass is 9.55. The summed E-state index contributed by atoms with van der Waals surface area (Å²) in [6.07, 6.45) is 22.4. The molecule has 75 heavy (non-hydrogen) atoms. The number of rotatable bonds is 30. The number of carbonyl (C=O) groups excluding carboxylic acids is 2. The Hall–Kier alpha value is -5.90. The normalized spacial score (nSPS) is 21.4. The average Bonchev–Trinajstić information content (AvgIpc) is 3.47. The van der Waals surface area contributed by atoms with Gasteiger partial charge in [0, 0.05) is 62.4 Å². The first-order chi connectivity index (χ1) is 36.2. The molecule has 1 saturated carbocycles. The maximum atomic E-state index is 15.2. The van der Waals surface area contributed by atoms with Crippen LogP contribution in [0.15, 0.2) is 102 Å². The number of nitro benzene ring substituents is 1. The third kappa shape index (κ3) is 16.3. The molecule has 408 valence electrons. The lowest BCUT2D eigenvalue weighted by Crippen LogP contribution is -2.70. The molecule has 0 radical (unpaired) electrons. The van der Waals surface area contributed by atoms with Crippen LogP contribution in [-0.4, -0.2) is 81.5 Å². The van der Waals surface area contributed by atoms with Gasteiger partial charge >= 0.3 is 6.09 Å². The highest BCUT2D eigenvalue weighted by molar-refractivity contribution is 6.03. The molecule has 6 unspecified atom stereocenters. The predicted octanol–water partition coefficient (Wildman–Crippen LogP) is 12.9. The minimum atomic E-state index is -1.62. The predicted molar refractivity (Wildman–Crippen MR) is 291 cm³/mol. The highest BCUT2D eigenvalue weighted by Crippen LogP contribution is 2.62. The first-order valence-corrected chi connectivity index (χ1v) is 27.4. The Balaban J connectivity index is 1.45. The van der Waals surface area contributed by atoms with E-state index in [4.69, 9.17) is 24.2 Å². The Morgan fingerprint density at radius 2 is 1.59 bits per heavy atom. The van der Waals surface area contributed by atoms with E-state index in [9.17, 15) is 29.5 Å². The van der Waals surface area contributed by atoms with Crippen LogP contribution in [0.25, 0.3) is 6.08 Å². The third-order valence-electron chi connectivity index (χ3n) is 14.5. The molecule has 1 aliphatic heterocycles. The number of fused-ring (bicyclic) bond motifs is 2. The van der Waals surface area contributed by atoms with Gasteiger partial charge in [0.2, 0.25) is 11.7 Å². The molecule has 14 nitrogen and oxygen atoms in total. The number of aliphatic hydroxyl groups is 2. The van der Waals surface area contributed by atoms with E-state index >= 15 is 4.79 Å². The fourth-order valence-electron chi connectivity index (χ4n) is 10.9. The summed E-state index contributed by atoms with van der Waals surface area (Å²) in [7, 11) is 0. The highest BCUT2D eigenvalue weighted by atomic mass is 19.1. The SMILES string of the molecule is C=CCOC12Oc3ccc(OC(=O)NCCCCCCCCCCCC)cc3C3C(CCCCO)C(CCCCO)C=C(C(=NOC(C)(C)C)CC1N(Cc1ccc(F)cc1)C(=O)C=Cc1ccc([N+](=O)[O-])cc1)C32. The number of unbranched alkanes of at least 4 members (excludes halogenated alkanes) is 11. The molecule has 3 aromatic carbocycles. The third-order valence-corrected chi connectivity index (χ3v) is 14.5. The van der Waals surface area contributed by atoms with E-state index in [-0.39, 0.29) is 50.3 Å². The fraction of sp³-hybridized carbons (Fsp3) is 0.550. The number of nitrogens with one attached hydrogen (secondary N) is 1. The molecule has 2 amide bonds. The number of carbonyl (C=O) groups is 2. The second kappa shape index (κ2) is 28.8. The molecule has 15 heteroatoms. The Morgan fingerprint density at radius 1 is 0.920 bits per heavy atom.